The van der Waals surface area contributed by atoms with E-state index in [0.29, 0.717) is 22.8 Å². The van der Waals surface area contributed by atoms with E-state index in [1.165, 1.54) is 19.2 Å². The maximum absolute atomic E-state index is 13.4. The molecule has 1 N–H and O–H groups in total. The van der Waals surface area contributed by atoms with E-state index in [2.05, 4.69) is 15.5 Å². The van der Waals surface area contributed by atoms with Crippen LogP contribution in [0.1, 0.15) is 27.9 Å². The molecule has 1 atom stereocenters. The molecule has 0 aliphatic heterocycles. The number of ether oxygens (including phenoxy) is 1. The fourth-order valence-corrected chi connectivity index (χ4v) is 2.97. The van der Waals surface area contributed by atoms with Gasteiger partial charge in [0.05, 0.1) is 7.11 Å². The molecular formula is C23H18FN3O3. The Balaban J connectivity index is 1.67. The Bertz CT molecular complexity index is 1140. The van der Waals surface area contributed by atoms with Gasteiger partial charge in [-0.25, -0.2) is 4.39 Å². The average Bonchev–Trinajstić information content (AvgIpc) is 3.29. The summed E-state index contributed by atoms with van der Waals surface area (Å²) in [4.78, 5) is 12.9. The highest BCUT2D eigenvalue weighted by molar-refractivity contribution is 5.95. The third-order valence-electron chi connectivity index (χ3n) is 4.52. The molecule has 7 heteroatoms. The lowest BCUT2D eigenvalue weighted by atomic mass is 10.1. The number of hydrogen-bond acceptors (Lipinski definition) is 5. The first-order valence-electron chi connectivity index (χ1n) is 9.23. The lowest BCUT2D eigenvalue weighted by molar-refractivity contribution is 0.0937. The second-order valence-corrected chi connectivity index (χ2v) is 6.50. The van der Waals surface area contributed by atoms with Crippen molar-refractivity contribution in [3.63, 3.8) is 0 Å². The van der Waals surface area contributed by atoms with E-state index in [-0.39, 0.29) is 17.6 Å². The predicted molar refractivity (Wildman–Crippen MR) is 108 cm³/mol. The second kappa shape index (κ2) is 8.57. The second-order valence-electron chi connectivity index (χ2n) is 6.50. The monoisotopic (exact) mass is 403 g/mol. The fraction of sp³-hybridized carbons (Fsp3) is 0.0870. The number of halogens is 1. The van der Waals surface area contributed by atoms with E-state index in [4.69, 9.17) is 9.15 Å². The molecule has 1 unspecified atom stereocenters. The van der Waals surface area contributed by atoms with Crippen molar-refractivity contribution in [2.75, 3.05) is 7.11 Å². The number of methoxy groups -OCH3 is 1. The standard InChI is InChI=1S/C23H18FN3O3/c1-29-19-9-5-8-17(14-19)21(28)25-20(15-10-12-18(24)13-11-15)23-27-26-22(30-23)16-6-3-2-4-7-16/h2-14,20H,1H3,(H,25,28). The van der Waals surface area contributed by atoms with Crippen LogP contribution in [0.4, 0.5) is 4.39 Å². The van der Waals surface area contributed by atoms with Crippen molar-refractivity contribution < 1.29 is 18.3 Å². The van der Waals surface area contributed by atoms with Crippen LogP contribution in [0, 0.1) is 5.82 Å². The van der Waals surface area contributed by atoms with Crippen molar-refractivity contribution in [1.29, 1.82) is 0 Å². The molecule has 4 rings (SSSR count). The lowest BCUT2D eigenvalue weighted by Gasteiger charge is -2.16. The molecule has 0 aliphatic carbocycles. The zero-order valence-electron chi connectivity index (χ0n) is 16.1. The summed E-state index contributed by atoms with van der Waals surface area (Å²) in [6, 6.07) is 21.1. The van der Waals surface area contributed by atoms with Crippen LogP contribution in [0.5, 0.6) is 5.75 Å². The Morgan fingerprint density at radius 1 is 1.00 bits per heavy atom. The minimum absolute atomic E-state index is 0.191. The van der Waals surface area contributed by atoms with Gasteiger partial charge in [-0.05, 0) is 48.0 Å². The summed E-state index contributed by atoms with van der Waals surface area (Å²) in [7, 11) is 1.53. The summed E-state index contributed by atoms with van der Waals surface area (Å²) < 4.78 is 24.5. The van der Waals surface area contributed by atoms with E-state index in [9.17, 15) is 9.18 Å². The van der Waals surface area contributed by atoms with Gasteiger partial charge in [-0.3, -0.25) is 4.79 Å². The summed E-state index contributed by atoms with van der Waals surface area (Å²) in [6.45, 7) is 0. The van der Waals surface area contributed by atoms with E-state index < -0.39 is 6.04 Å². The van der Waals surface area contributed by atoms with E-state index >= 15 is 0 Å². The molecule has 0 fully saturated rings. The van der Waals surface area contributed by atoms with Crippen LogP contribution in [0.25, 0.3) is 11.5 Å². The number of amides is 1. The summed E-state index contributed by atoms with van der Waals surface area (Å²) in [5, 5.41) is 11.1. The molecule has 1 aromatic heterocycles. The smallest absolute Gasteiger partial charge is 0.252 e. The highest BCUT2D eigenvalue weighted by Gasteiger charge is 2.24. The summed E-state index contributed by atoms with van der Waals surface area (Å²) in [5.41, 5.74) is 1.77. The molecule has 0 aliphatic rings. The average molecular weight is 403 g/mol. The van der Waals surface area contributed by atoms with Gasteiger partial charge in [0.1, 0.15) is 17.6 Å². The number of rotatable bonds is 6. The van der Waals surface area contributed by atoms with Crippen LogP contribution in [0.15, 0.2) is 83.3 Å². The Hall–Kier alpha value is -4.00. The zero-order chi connectivity index (χ0) is 20.9. The Labute approximate surface area is 172 Å². The highest BCUT2D eigenvalue weighted by atomic mass is 19.1. The maximum atomic E-state index is 13.4. The van der Waals surface area contributed by atoms with Crippen LogP contribution in [-0.2, 0) is 0 Å². The Kier molecular flexibility index (Phi) is 5.52. The number of carbonyl (C=O) groups excluding carboxylic acids is 1. The highest BCUT2D eigenvalue weighted by Crippen LogP contribution is 2.26. The van der Waals surface area contributed by atoms with Crippen LogP contribution >= 0.6 is 0 Å². The van der Waals surface area contributed by atoms with Gasteiger partial charge in [0.25, 0.3) is 5.91 Å². The minimum atomic E-state index is -0.755. The number of nitrogens with one attached hydrogen (secondary N) is 1. The summed E-state index contributed by atoms with van der Waals surface area (Å²) in [6.07, 6.45) is 0. The largest absolute Gasteiger partial charge is 0.497 e. The van der Waals surface area contributed by atoms with Crippen LogP contribution in [0.3, 0.4) is 0 Å². The van der Waals surface area contributed by atoms with E-state index in [1.807, 2.05) is 30.3 Å². The molecule has 1 heterocycles. The molecule has 4 aromatic rings. The molecule has 0 saturated heterocycles. The van der Waals surface area contributed by atoms with Crippen molar-refractivity contribution in [3.05, 3.63) is 102 Å². The molecule has 0 bridgehead atoms. The Morgan fingerprint density at radius 2 is 1.77 bits per heavy atom. The maximum Gasteiger partial charge on any atom is 0.252 e. The Morgan fingerprint density at radius 3 is 2.50 bits per heavy atom. The molecule has 0 spiro atoms. The predicted octanol–water partition coefficient (Wildman–Crippen LogP) is 4.40. The lowest BCUT2D eigenvalue weighted by Crippen LogP contribution is -2.29. The van der Waals surface area contributed by atoms with Crippen molar-refractivity contribution >= 4 is 5.91 Å². The van der Waals surface area contributed by atoms with Crippen LogP contribution < -0.4 is 10.1 Å². The van der Waals surface area contributed by atoms with Crippen LogP contribution in [-0.4, -0.2) is 23.2 Å². The van der Waals surface area contributed by atoms with Gasteiger partial charge < -0.3 is 14.5 Å². The number of nitrogens with zero attached hydrogens (tertiary/aromatic N) is 2. The first-order chi connectivity index (χ1) is 14.6. The first kappa shape index (κ1) is 19.3. The molecule has 30 heavy (non-hydrogen) atoms. The van der Waals surface area contributed by atoms with Gasteiger partial charge in [0, 0.05) is 11.1 Å². The normalized spacial score (nSPS) is 11.7. The van der Waals surface area contributed by atoms with Gasteiger partial charge in [-0.1, -0.05) is 36.4 Å². The number of aromatic nitrogens is 2. The summed E-state index contributed by atoms with van der Waals surface area (Å²) in [5.74, 6) is 0.338. The number of carbonyl (C=O) groups is 1. The third-order valence-corrected chi connectivity index (χ3v) is 4.52. The fourth-order valence-electron chi connectivity index (χ4n) is 2.97. The van der Waals surface area contributed by atoms with Crippen LogP contribution in [0.2, 0.25) is 0 Å². The van der Waals surface area contributed by atoms with Gasteiger partial charge >= 0.3 is 0 Å². The molecule has 3 aromatic carbocycles. The van der Waals surface area contributed by atoms with Gasteiger partial charge in [0.15, 0.2) is 0 Å². The number of benzene rings is 3. The number of hydrogen-bond donors (Lipinski definition) is 1. The van der Waals surface area contributed by atoms with E-state index in [0.717, 1.165) is 5.56 Å². The zero-order valence-corrected chi connectivity index (χ0v) is 16.1. The molecule has 0 saturated carbocycles. The van der Waals surface area contributed by atoms with Crippen molar-refractivity contribution in [2.45, 2.75) is 6.04 Å². The van der Waals surface area contributed by atoms with Crippen molar-refractivity contribution in [3.8, 4) is 17.2 Å². The van der Waals surface area contributed by atoms with Crippen molar-refractivity contribution in [2.24, 2.45) is 0 Å². The molecule has 0 radical (unpaired) electrons. The quantitative estimate of drug-likeness (QED) is 0.516. The third kappa shape index (κ3) is 4.20. The van der Waals surface area contributed by atoms with Gasteiger partial charge in [-0.15, -0.1) is 10.2 Å². The molecule has 150 valence electrons. The van der Waals surface area contributed by atoms with Gasteiger partial charge in [-0.2, -0.15) is 0 Å². The van der Waals surface area contributed by atoms with E-state index in [1.54, 1.807) is 36.4 Å². The topological polar surface area (TPSA) is 77.2 Å². The van der Waals surface area contributed by atoms with Crippen molar-refractivity contribution in [1.82, 2.24) is 15.5 Å². The first-order valence-corrected chi connectivity index (χ1v) is 9.23. The van der Waals surface area contributed by atoms with Gasteiger partial charge in [0.2, 0.25) is 11.8 Å². The minimum Gasteiger partial charge on any atom is -0.497 e. The molecule has 1 amide bonds. The summed E-state index contributed by atoms with van der Waals surface area (Å²) >= 11 is 0. The SMILES string of the molecule is COc1cccc(C(=O)NC(c2ccc(F)cc2)c2nnc(-c3ccccc3)o2)c1. The molecule has 6 nitrogen and oxygen atoms in total. The molecular weight excluding hydrogens is 385 g/mol.